The Bertz CT molecular complexity index is 383. The summed E-state index contributed by atoms with van der Waals surface area (Å²) in [7, 11) is 0. The predicted octanol–water partition coefficient (Wildman–Crippen LogP) is 2.54. The molecule has 1 N–H and O–H groups in total. The number of rotatable bonds is 2. The molecule has 2 nitrogen and oxygen atoms in total. The molecule has 82 valence electrons. The third-order valence-corrected chi connectivity index (χ3v) is 1.84. The maximum absolute atomic E-state index is 12.5. The summed E-state index contributed by atoms with van der Waals surface area (Å²) in [5, 5.41) is 8.95. The van der Waals surface area contributed by atoms with Gasteiger partial charge in [-0.25, -0.2) is 0 Å². The van der Waals surface area contributed by atoms with Crippen LogP contribution in [0.3, 0.4) is 0 Å². The Morgan fingerprint density at radius 2 is 2.00 bits per heavy atom. The molecule has 5 heteroatoms. The van der Waals surface area contributed by atoms with Crippen LogP contribution in [0.2, 0.25) is 0 Å². The highest BCUT2D eigenvalue weighted by atomic mass is 19.4. The van der Waals surface area contributed by atoms with Crippen molar-refractivity contribution in [3.8, 4) is 5.75 Å². The number of Topliss-reactive ketones (excluding diaryl/α,β-unsaturated/α-hetero) is 1. The molecule has 0 aromatic heterocycles. The van der Waals surface area contributed by atoms with E-state index in [-0.39, 0.29) is 17.8 Å². The van der Waals surface area contributed by atoms with E-state index < -0.39 is 17.5 Å². The van der Waals surface area contributed by atoms with Crippen LogP contribution in [0.15, 0.2) is 18.2 Å². The lowest BCUT2D eigenvalue weighted by atomic mass is 10.0. The molecule has 0 aliphatic carbocycles. The van der Waals surface area contributed by atoms with Crippen molar-refractivity contribution in [1.82, 2.24) is 0 Å². The summed E-state index contributed by atoms with van der Waals surface area (Å²) in [6, 6.07) is 2.87. The normalized spacial score (nSPS) is 11.5. The van der Waals surface area contributed by atoms with Crippen LogP contribution in [-0.2, 0) is 17.4 Å². The number of carbonyl (C=O) groups excluding carboxylic acids is 1. The molecular weight excluding hydrogens is 209 g/mol. The molecule has 0 unspecified atom stereocenters. The molecule has 1 aromatic carbocycles. The molecule has 1 aromatic rings. The zero-order chi connectivity index (χ0) is 11.6. The molecule has 0 amide bonds. The third kappa shape index (κ3) is 2.97. The Balaban J connectivity index is 3.20. The van der Waals surface area contributed by atoms with Crippen LogP contribution in [-0.4, -0.2) is 10.9 Å². The van der Waals surface area contributed by atoms with E-state index in [0.29, 0.717) is 6.07 Å². The van der Waals surface area contributed by atoms with Gasteiger partial charge in [0, 0.05) is 6.42 Å². The fraction of sp³-hybridized carbons (Fsp3) is 0.300. The average Bonchev–Trinajstić information content (AvgIpc) is 2.05. The maximum atomic E-state index is 12.5. The number of alkyl halides is 3. The molecule has 15 heavy (non-hydrogen) atoms. The molecule has 0 aliphatic rings. The summed E-state index contributed by atoms with van der Waals surface area (Å²) in [5.41, 5.74) is -1.08. The minimum absolute atomic E-state index is 0.118. The van der Waals surface area contributed by atoms with Crippen molar-refractivity contribution >= 4 is 5.78 Å². The average molecular weight is 218 g/mol. The van der Waals surface area contributed by atoms with Gasteiger partial charge in [-0.3, -0.25) is 4.79 Å². The first kappa shape index (κ1) is 11.6. The first-order valence-electron chi connectivity index (χ1n) is 4.19. The van der Waals surface area contributed by atoms with Gasteiger partial charge < -0.3 is 5.11 Å². The predicted molar refractivity (Wildman–Crippen MR) is 47.5 cm³/mol. The molecule has 0 heterocycles. The largest absolute Gasteiger partial charge is 0.508 e. The highest BCUT2D eigenvalue weighted by Crippen LogP contribution is 2.34. The Morgan fingerprint density at radius 1 is 1.40 bits per heavy atom. The fourth-order valence-electron chi connectivity index (χ4n) is 1.25. The number of hydrogen-bond acceptors (Lipinski definition) is 2. The van der Waals surface area contributed by atoms with Crippen molar-refractivity contribution in [3.05, 3.63) is 29.3 Å². The Hall–Kier alpha value is -1.52. The number of aromatic hydroxyl groups is 1. The zero-order valence-electron chi connectivity index (χ0n) is 7.93. The van der Waals surface area contributed by atoms with E-state index >= 15 is 0 Å². The molecule has 0 saturated heterocycles. The first-order valence-corrected chi connectivity index (χ1v) is 4.19. The van der Waals surface area contributed by atoms with Crippen molar-refractivity contribution in [1.29, 1.82) is 0 Å². The summed E-state index contributed by atoms with van der Waals surface area (Å²) < 4.78 is 37.4. The fourth-order valence-corrected chi connectivity index (χ4v) is 1.25. The van der Waals surface area contributed by atoms with E-state index in [1.165, 1.54) is 6.92 Å². The van der Waals surface area contributed by atoms with E-state index in [4.69, 9.17) is 5.11 Å². The van der Waals surface area contributed by atoms with Gasteiger partial charge in [-0.05, 0) is 24.6 Å². The first-order chi connectivity index (χ1) is 6.80. The summed E-state index contributed by atoms with van der Waals surface area (Å²) in [6.45, 7) is 1.22. The number of benzene rings is 1. The second kappa shape index (κ2) is 3.92. The molecule has 0 spiro atoms. The van der Waals surface area contributed by atoms with Crippen LogP contribution in [0.1, 0.15) is 18.1 Å². The van der Waals surface area contributed by atoms with Gasteiger partial charge in [-0.2, -0.15) is 13.2 Å². The van der Waals surface area contributed by atoms with Crippen LogP contribution in [0.5, 0.6) is 5.75 Å². The highest BCUT2D eigenvalue weighted by Gasteiger charge is 2.33. The van der Waals surface area contributed by atoms with E-state index in [9.17, 15) is 18.0 Å². The van der Waals surface area contributed by atoms with E-state index in [1.54, 1.807) is 0 Å². The monoisotopic (exact) mass is 218 g/mol. The lowest BCUT2D eigenvalue weighted by molar-refractivity contribution is -0.138. The van der Waals surface area contributed by atoms with Gasteiger partial charge in [-0.15, -0.1) is 0 Å². The third-order valence-electron chi connectivity index (χ3n) is 1.84. The quantitative estimate of drug-likeness (QED) is 0.828. The van der Waals surface area contributed by atoms with E-state index in [2.05, 4.69) is 0 Å². The van der Waals surface area contributed by atoms with Crippen molar-refractivity contribution in [2.75, 3.05) is 0 Å². The summed E-state index contributed by atoms with van der Waals surface area (Å²) >= 11 is 0. The molecule has 0 radical (unpaired) electrons. The van der Waals surface area contributed by atoms with E-state index in [1.807, 2.05) is 0 Å². The number of phenolic OH excluding ortho intramolecular Hbond substituents is 1. The molecule has 0 saturated carbocycles. The van der Waals surface area contributed by atoms with E-state index in [0.717, 1.165) is 12.1 Å². The van der Waals surface area contributed by atoms with Crippen molar-refractivity contribution < 1.29 is 23.1 Å². The van der Waals surface area contributed by atoms with Crippen LogP contribution in [0, 0.1) is 0 Å². The molecular formula is C10H9F3O2. The SMILES string of the molecule is CC(=O)Cc1ccc(O)cc1C(F)(F)F. The van der Waals surface area contributed by atoms with Gasteiger partial charge in [0.1, 0.15) is 11.5 Å². The summed E-state index contributed by atoms with van der Waals surface area (Å²) in [5.74, 6) is -0.819. The Kier molecular flexibility index (Phi) is 3.02. The van der Waals surface area contributed by atoms with Crippen molar-refractivity contribution in [2.24, 2.45) is 0 Å². The zero-order valence-corrected chi connectivity index (χ0v) is 7.93. The van der Waals surface area contributed by atoms with Gasteiger partial charge in [-0.1, -0.05) is 6.07 Å². The number of ketones is 1. The number of phenols is 1. The summed E-state index contributed by atoms with van der Waals surface area (Å²) in [4.78, 5) is 10.7. The van der Waals surface area contributed by atoms with Gasteiger partial charge in [0.25, 0.3) is 0 Å². The maximum Gasteiger partial charge on any atom is 0.416 e. The minimum Gasteiger partial charge on any atom is -0.508 e. The van der Waals surface area contributed by atoms with Gasteiger partial charge in [0.15, 0.2) is 0 Å². The molecule has 1 rings (SSSR count). The van der Waals surface area contributed by atoms with Crippen molar-refractivity contribution in [3.63, 3.8) is 0 Å². The lowest BCUT2D eigenvalue weighted by Crippen LogP contribution is -2.11. The molecule has 0 bridgehead atoms. The standard InChI is InChI=1S/C10H9F3O2/c1-6(14)4-7-2-3-8(15)5-9(7)10(11,12)13/h2-3,5,15H,4H2,1H3. The lowest BCUT2D eigenvalue weighted by Gasteiger charge is -2.11. The second-order valence-electron chi connectivity index (χ2n) is 3.22. The number of hydrogen-bond donors (Lipinski definition) is 1. The molecule has 0 fully saturated rings. The highest BCUT2D eigenvalue weighted by molar-refractivity contribution is 5.78. The topological polar surface area (TPSA) is 37.3 Å². The Morgan fingerprint density at radius 3 is 2.47 bits per heavy atom. The molecule has 0 aliphatic heterocycles. The smallest absolute Gasteiger partial charge is 0.416 e. The van der Waals surface area contributed by atoms with Crippen molar-refractivity contribution in [2.45, 2.75) is 19.5 Å². The van der Waals surface area contributed by atoms with Crippen LogP contribution >= 0.6 is 0 Å². The Labute approximate surface area is 84.3 Å². The summed E-state index contributed by atoms with van der Waals surface area (Å²) in [6.07, 6.45) is -4.83. The van der Waals surface area contributed by atoms with Gasteiger partial charge in [0.2, 0.25) is 0 Å². The van der Waals surface area contributed by atoms with Gasteiger partial charge >= 0.3 is 6.18 Å². The minimum atomic E-state index is -4.55. The van der Waals surface area contributed by atoms with Gasteiger partial charge in [0.05, 0.1) is 5.56 Å². The molecule has 0 atom stereocenters. The van der Waals surface area contributed by atoms with Crippen LogP contribution in [0.4, 0.5) is 13.2 Å². The number of carbonyl (C=O) groups is 1. The van der Waals surface area contributed by atoms with Crippen LogP contribution in [0.25, 0.3) is 0 Å². The van der Waals surface area contributed by atoms with Crippen LogP contribution < -0.4 is 0 Å². The second-order valence-corrected chi connectivity index (χ2v) is 3.22. The number of halogens is 3.